The second-order valence-corrected chi connectivity index (χ2v) is 9.05. The van der Waals surface area contributed by atoms with Crippen molar-refractivity contribution in [2.24, 2.45) is 11.8 Å². The van der Waals surface area contributed by atoms with Gasteiger partial charge in [-0.2, -0.15) is 4.31 Å². The number of nitrogens with one attached hydrogen (secondary N) is 1. The fourth-order valence-electron chi connectivity index (χ4n) is 3.45. The van der Waals surface area contributed by atoms with E-state index in [1.54, 1.807) is 28.6 Å². The third kappa shape index (κ3) is 4.14. The molecule has 0 bridgehead atoms. The number of para-hydroxylation sites is 1. The molecule has 0 aliphatic carbocycles. The van der Waals surface area contributed by atoms with Gasteiger partial charge in [-0.15, -0.1) is 0 Å². The van der Waals surface area contributed by atoms with Crippen molar-refractivity contribution in [1.29, 1.82) is 0 Å². The summed E-state index contributed by atoms with van der Waals surface area (Å²) in [5.41, 5.74) is 1.12. The minimum Gasteiger partial charge on any atom is -0.322 e. The quantitative estimate of drug-likeness (QED) is 0.892. The third-order valence-corrected chi connectivity index (χ3v) is 6.47. The number of rotatable bonds is 4. The van der Waals surface area contributed by atoms with Crippen LogP contribution in [0.1, 0.15) is 30.6 Å². The van der Waals surface area contributed by atoms with Gasteiger partial charge in [0.2, 0.25) is 10.0 Å². The van der Waals surface area contributed by atoms with Crippen molar-refractivity contribution in [3.8, 4) is 0 Å². The molecule has 2 atom stereocenters. The monoisotopic (exact) mass is 372 g/mol. The molecular weight excluding hydrogens is 348 g/mol. The Morgan fingerprint density at radius 3 is 2.12 bits per heavy atom. The lowest BCUT2D eigenvalue weighted by atomic mass is 9.94. The maximum absolute atomic E-state index is 12.9. The highest BCUT2D eigenvalue weighted by molar-refractivity contribution is 7.89. The zero-order valence-corrected chi connectivity index (χ0v) is 15.9. The molecule has 2 aromatic carbocycles. The lowest BCUT2D eigenvalue weighted by Crippen LogP contribution is -2.42. The number of anilines is 1. The van der Waals surface area contributed by atoms with Crippen LogP contribution in [0.5, 0.6) is 0 Å². The van der Waals surface area contributed by atoms with E-state index >= 15 is 0 Å². The minimum atomic E-state index is -3.53. The second kappa shape index (κ2) is 7.60. The molecule has 1 aliphatic heterocycles. The molecular formula is C20H24N2O3S. The summed E-state index contributed by atoms with van der Waals surface area (Å²) >= 11 is 0. The van der Waals surface area contributed by atoms with Gasteiger partial charge in [-0.25, -0.2) is 8.42 Å². The first-order valence-electron chi connectivity index (χ1n) is 8.83. The Balaban J connectivity index is 1.75. The first-order chi connectivity index (χ1) is 12.4. The fraction of sp³-hybridized carbons (Fsp3) is 0.350. The third-order valence-electron chi connectivity index (χ3n) is 4.62. The molecule has 1 N–H and O–H groups in total. The van der Waals surface area contributed by atoms with Gasteiger partial charge in [0.05, 0.1) is 4.90 Å². The maximum atomic E-state index is 12.9. The highest BCUT2D eigenvalue weighted by atomic mass is 32.2. The van der Waals surface area contributed by atoms with Gasteiger partial charge in [0.1, 0.15) is 0 Å². The van der Waals surface area contributed by atoms with Crippen LogP contribution < -0.4 is 5.32 Å². The first-order valence-corrected chi connectivity index (χ1v) is 10.3. The zero-order valence-electron chi connectivity index (χ0n) is 15.1. The highest BCUT2D eigenvalue weighted by Gasteiger charge is 2.31. The van der Waals surface area contributed by atoms with Gasteiger partial charge in [-0.3, -0.25) is 4.79 Å². The van der Waals surface area contributed by atoms with E-state index in [1.165, 1.54) is 12.1 Å². The first kappa shape index (κ1) is 18.6. The second-order valence-electron chi connectivity index (χ2n) is 7.11. The number of piperidine rings is 1. The van der Waals surface area contributed by atoms with E-state index < -0.39 is 10.0 Å². The smallest absolute Gasteiger partial charge is 0.255 e. The molecule has 0 saturated carbocycles. The van der Waals surface area contributed by atoms with Crippen molar-refractivity contribution in [3.63, 3.8) is 0 Å². The molecule has 0 spiro atoms. The van der Waals surface area contributed by atoms with Gasteiger partial charge in [0.25, 0.3) is 5.91 Å². The van der Waals surface area contributed by atoms with E-state index in [0.29, 0.717) is 36.2 Å². The number of carbonyl (C=O) groups excluding carboxylic acids is 1. The molecule has 138 valence electrons. The van der Waals surface area contributed by atoms with Crippen LogP contribution in [0.25, 0.3) is 0 Å². The normalized spacial score (nSPS) is 21.3. The molecule has 1 fully saturated rings. The summed E-state index contributed by atoms with van der Waals surface area (Å²) in [4.78, 5) is 12.5. The maximum Gasteiger partial charge on any atom is 0.255 e. The molecule has 3 rings (SSSR count). The molecule has 0 unspecified atom stereocenters. The Labute approximate surface area is 155 Å². The molecule has 1 saturated heterocycles. The topological polar surface area (TPSA) is 66.5 Å². The Hall–Kier alpha value is -2.18. The Kier molecular flexibility index (Phi) is 5.44. The molecule has 1 amide bonds. The molecule has 1 heterocycles. The lowest BCUT2D eigenvalue weighted by molar-refractivity contribution is 0.102. The summed E-state index contributed by atoms with van der Waals surface area (Å²) < 4.78 is 27.3. The number of carbonyl (C=O) groups is 1. The standard InChI is InChI=1S/C20H24N2O3S/c1-15-12-16(2)14-22(13-15)26(24,25)19-10-8-17(9-11-19)20(23)21-18-6-4-3-5-7-18/h3-11,15-16H,12-14H2,1-2H3,(H,21,23)/t15-,16+. The van der Waals surface area contributed by atoms with E-state index in [4.69, 9.17) is 0 Å². The Morgan fingerprint density at radius 1 is 0.962 bits per heavy atom. The largest absolute Gasteiger partial charge is 0.322 e. The summed E-state index contributed by atoms with van der Waals surface area (Å²) in [6.45, 7) is 5.25. The predicted molar refractivity (Wildman–Crippen MR) is 103 cm³/mol. The number of nitrogens with zero attached hydrogens (tertiary/aromatic N) is 1. The average Bonchev–Trinajstić information content (AvgIpc) is 2.62. The van der Waals surface area contributed by atoms with Gasteiger partial charge in [-0.1, -0.05) is 32.0 Å². The van der Waals surface area contributed by atoms with Crippen molar-refractivity contribution >= 4 is 21.6 Å². The SMILES string of the molecule is C[C@@H]1C[C@H](C)CN(S(=O)(=O)c2ccc(C(=O)Nc3ccccc3)cc2)C1. The molecule has 2 aromatic rings. The van der Waals surface area contributed by atoms with Gasteiger partial charge < -0.3 is 5.32 Å². The highest BCUT2D eigenvalue weighted by Crippen LogP contribution is 2.26. The number of hydrogen-bond donors (Lipinski definition) is 1. The van der Waals surface area contributed by atoms with Crippen LogP contribution in [0, 0.1) is 11.8 Å². The molecule has 0 aromatic heterocycles. The molecule has 6 heteroatoms. The molecule has 1 aliphatic rings. The number of amides is 1. The van der Waals surface area contributed by atoms with Crippen LogP contribution in [-0.4, -0.2) is 31.7 Å². The van der Waals surface area contributed by atoms with Crippen molar-refractivity contribution in [1.82, 2.24) is 4.31 Å². The van der Waals surface area contributed by atoms with E-state index in [2.05, 4.69) is 19.2 Å². The minimum absolute atomic E-state index is 0.232. The molecule has 0 radical (unpaired) electrons. The van der Waals surface area contributed by atoms with Gasteiger partial charge >= 0.3 is 0 Å². The van der Waals surface area contributed by atoms with Crippen molar-refractivity contribution in [2.75, 3.05) is 18.4 Å². The van der Waals surface area contributed by atoms with Crippen LogP contribution in [0.15, 0.2) is 59.5 Å². The van der Waals surface area contributed by atoms with E-state index in [-0.39, 0.29) is 10.8 Å². The van der Waals surface area contributed by atoms with Crippen LogP contribution >= 0.6 is 0 Å². The summed E-state index contributed by atoms with van der Waals surface area (Å²) in [5, 5.41) is 2.79. The number of benzene rings is 2. The number of hydrogen-bond acceptors (Lipinski definition) is 3. The van der Waals surface area contributed by atoms with E-state index in [0.717, 1.165) is 6.42 Å². The summed E-state index contributed by atoms with van der Waals surface area (Å²) in [6.07, 6.45) is 1.05. The van der Waals surface area contributed by atoms with Crippen molar-refractivity contribution in [3.05, 3.63) is 60.2 Å². The summed E-state index contributed by atoms with van der Waals surface area (Å²) in [6, 6.07) is 15.3. The van der Waals surface area contributed by atoms with Crippen LogP contribution in [0.2, 0.25) is 0 Å². The molecule has 26 heavy (non-hydrogen) atoms. The van der Waals surface area contributed by atoms with Gasteiger partial charge in [0.15, 0.2) is 0 Å². The van der Waals surface area contributed by atoms with Crippen LogP contribution in [-0.2, 0) is 10.0 Å². The van der Waals surface area contributed by atoms with Crippen LogP contribution in [0.3, 0.4) is 0 Å². The van der Waals surface area contributed by atoms with Crippen LogP contribution in [0.4, 0.5) is 5.69 Å². The fourth-order valence-corrected chi connectivity index (χ4v) is 5.13. The summed E-state index contributed by atoms with van der Waals surface area (Å²) in [5.74, 6) is 0.439. The van der Waals surface area contributed by atoms with Crippen molar-refractivity contribution in [2.45, 2.75) is 25.2 Å². The summed E-state index contributed by atoms with van der Waals surface area (Å²) in [7, 11) is -3.53. The lowest BCUT2D eigenvalue weighted by Gasteiger charge is -2.34. The average molecular weight is 372 g/mol. The van der Waals surface area contributed by atoms with Gasteiger partial charge in [-0.05, 0) is 54.7 Å². The van der Waals surface area contributed by atoms with Gasteiger partial charge in [0, 0.05) is 24.3 Å². The predicted octanol–water partition coefficient (Wildman–Crippen LogP) is 3.61. The Bertz CT molecular complexity index is 854. The van der Waals surface area contributed by atoms with E-state index in [9.17, 15) is 13.2 Å². The van der Waals surface area contributed by atoms with Crippen molar-refractivity contribution < 1.29 is 13.2 Å². The molecule has 5 nitrogen and oxygen atoms in total. The number of sulfonamides is 1. The zero-order chi connectivity index (χ0) is 18.7. The van der Waals surface area contributed by atoms with E-state index in [1.807, 2.05) is 18.2 Å². The Morgan fingerprint density at radius 2 is 1.54 bits per heavy atom.